The Labute approximate surface area is 204 Å². The van der Waals surface area contributed by atoms with Crippen LogP contribution in [0.5, 0.6) is 11.5 Å². The summed E-state index contributed by atoms with van der Waals surface area (Å²) in [7, 11) is 0. The van der Waals surface area contributed by atoms with E-state index in [-0.39, 0.29) is 29.8 Å². The van der Waals surface area contributed by atoms with Crippen LogP contribution in [0, 0.1) is 5.82 Å². The van der Waals surface area contributed by atoms with Gasteiger partial charge in [-0.25, -0.2) is 4.39 Å². The fourth-order valence-corrected chi connectivity index (χ4v) is 5.47. The van der Waals surface area contributed by atoms with E-state index in [0.717, 1.165) is 42.1 Å². The molecule has 6 nitrogen and oxygen atoms in total. The number of fused-ring (bicyclic) bond motifs is 2. The van der Waals surface area contributed by atoms with Crippen LogP contribution >= 0.6 is 0 Å². The molecule has 3 heterocycles. The van der Waals surface area contributed by atoms with Crippen molar-refractivity contribution in [3.63, 3.8) is 0 Å². The van der Waals surface area contributed by atoms with E-state index in [2.05, 4.69) is 36.7 Å². The molecule has 0 unspecified atom stereocenters. The van der Waals surface area contributed by atoms with E-state index < -0.39 is 11.2 Å². The highest BCUT2D eigenvalue weighted by Crippen LogP contribution is 2.51. The van der Waals surface area contributed by atoms with Crippen molar-refractivity contribution in [2.45, 2.75) is 63.3 Å². The Hall–Kier alpha value is -3.06. The molecule has 6 rings (SSSR count). The van der Waals surface area contributed by atoms with Gasteiger partial charge in [0.1, 0.15) is 5.82 Å². The Morgan fingerprint density at radius 3 is 2.51 bits per heavy atom. The highest BCUT2D eigenvalue weighted by Gasteiger charge is 2.52. The zero-order valence-corrected chi connectivity index (χ0v) is 20.4. The lowest BCUT2D eigenvalue weighted by Gasteiger charge is -2.30. The summed E-state index contributed by atoms with van der Waals surface area (Å²) >= 11 is 0. The fraction of sp³-hybridized carbons (Fsp3) is 0.464. The van der Waals surface area contributed by atoms with Gasteiger partial charge in [0.2, 0.25) is 12.7 Å². The lowest BCUT2D eigenvalue weighted by molar-refractivity contribution is -0.118. The van der Waals surface area contributed by atoms with Crippen molar-refractivity contribution < 1.29 is 23.4 Å². The maximum atomic E-state index is 15.4. The summed E-state index contributed by atoms with van der Waals surface area (Å²) in [6.07, 6.45) is 3.25. The minimum Gasteiger partial charge on any atom is -0.454 e. The first kappa shape index (κ1) is 22.4. The van der Waals surface area contributed by atoms with Crippen LogP contribution in [0.4, 0.5) is 10.1 Å². The number of nitrogens with zero attached hydrogens (tertiary/aromatic N) is 1. The number of amides is 1. The van der Waals surface area contributed by atoms with Gasteiger partial charge in [-0.05, 0) is 55.5 Å². The van der Waals surface area contributed by atoms with Crippen molar-refractivity contribution in [1.29, 1.82) is 0 Å². The van der Waals surface area contributed by atoms with Gasteiger partial charge in [0.05, 0.1) is 16.6 Å². The molecule has 0 atom stereocenters. The van der Waals surface area contributed by atoms with Crippen LogP contribution in [0.2, 0.25) is 0 Å². The Kier molecular flexibility index (Phi) is 5.11. The molecule has 0 radical (unpaired) electrons. The van der Waals surface area contributed by atoms with Gasteiger partial charge in [-0.15, -0.1) is 0 Å². The predicted molar refractivity (Wildman–Crippen MR) is 132 cm³/mol. The van der Waals surface area contributed by atoms with Crippen molar-refractivity contribution >= 4 is 22.5 Å². The second-order valence-corrected chi connectivity index (χ2v) is 11.0. The van der Waals surface area contributed by atoms with E-state index in [1.54, 1.807) is 12.1 Å². The van der Waals surface area contributed by atoms with E-state index in [1.165, 1.54) is 5.69 Å². The van der Waals surface area contributed by atoms with Crippen molar-refractivity contribution in [3.05, 3.63) is 53.5 Å². The van der Waals surface area contributed by atoms with Crippen molar-refractivity contribution in [3.8, 4) is 11.5 Å². The highest BCUT2D eigenvalue weighted by atomic mass is 19.1. The van der Waals surface area contributed by atoms with Crippen LogP contribution < -0.4 is 14.8 Å². The van der Waals surface area contributed by atoms with Gasteiger partial charge in [0.25, 0.3) is 0 Å². The highest BCUT2D eigenvalue weighted by molar-refractivity contribution is 6.03. The summed E-state index contributed by atoms with van der Waals surface area (Å²) in [5, 5.41) is 3.84. The first-order valence-corrected chi connectivity index (χ1v) is 12.4. The minimum atomic E-state index is -0.660. The number of benzene rings is 2. The molecular weight excluding hydrogens is 447 g/mol. The molecule has 1 aliphatic carbocycles. The first-order chi connectivity index (χ1) is 16.8. The normalized spacial score (nSPS) is 19.2. The summed E-state index contributed by atoms with van der Waals surface area (Å²) in [4.78, 5) is 13.4. The topological polar surface area (TPSA) is 61.7 Å². The summed E-state index contributed by atoms with van der Waals surface area (Å²) in [5.41, 5.74) is 2.37. The Balaban J connectivity index is 1.34. The molecule has 3 aromatic rings. The lowest BCUT2D eigenvalue weighted by Crippen LogP contribution is -2.28. The van der Waals surface area contributed by atoms with Gasteiger partial charge >= 0.3 is 0 Å². The molecule has 35 heavy (non-hydrogen) atoms. The molecule has 2 fully saturated rings. The number of nitrogens with one attached hydrogen (secondary N) is 1. The largest absolute Gasteiger partial charge is 0.454 e. The molecular formula is C28H31FN2O4. The van der Waals surface area contributed by atoms with Gasteiger partial charge in [0.15, 0.2) is 11.5 Å². The molecule has 7 heteroatoms. The predicted octanol–water partition coefficient (Wildman–Crippen LogP) is 5.83. The van der Waals surface area contributed by atoms with Gasteiger partial charge in [0, 0.05) is 41.8 Å². The molecule has 1 saturated carbocycles. The van der Waals surface area contributed by atoms with E-state index in [0.29, 0.717) is 24.7 Å². The molecule has 2 aromatic carbocycles. The monoisotopic (exact) mass is 478 g/mol. The number of ether oxygens (including phenoxy) is 3. The quantitative estimate of drug-likeness (QED) is 0.513. The van der Waals surface area contributed by atoms with Gasteiger partial charge in [-0.1, -0.05) is 26.8 Å². The maximum Gasteiger partial charge on any atom is 0.235 e. The minimum absolute atomic E-state index is 0.103. The van der Waals surface area contributed by atoms with Gasteiger partial charge in [-0.2, -0.15) is 0 Å². The Morgan fingerprint density at radius 1 is 1.06 bits per heavy atom. The van der Waals surface area contributed by atoms with Crippen LogP contribution in [0.15, 0.2) is 36.4 Å². The fourth-order valence-electron chi connectivity index (χ4n) is 5.47. The van der Waals surface area contributed by atoms with Crippen LogP contribution in [0.3, 0.4) is 0 Å². The van der Waals surface area contributed by atoms with Crippen LogP contribution in [0.1, 0.15) is 63.8 Å². The number of aromatic nitrogens is 1. The van der Waals surface area contributed by atoms with E-state index in [1.807, 2.05) is 18.2 Å². The maximum absolute atomic E-state index is 15.4. The molecule has 0 spiro atoms. The van der Waals surface area contributed by atoms with E-state index >= 15 is 4.39 Å². The molecule has 1 amide bonds. The average molecular weight is 479 g/mol. The first-order valence-electron chi connectivity index (χ1n) is 12.4. The number of carbonyl (C=O) groups is 1. The Bertz CT molecular complexity index is 1310. The number of carbonyl (C=O) groups excluding carboxylic acids is 1. The van der Waals surface area contributed by atoms with Gasteiger partial charge < -0.3 is 24.1 Å². The molecule has 3 aliphatic rings. The zero-order chi connectivity index (χ0) is 24.4. The number of rotatable bonds is 4. The number of hydrogen-bond acceptors (Lipinski definition) is 4. The second-order valence-electron chi connectivity index (χ2n) is 11.0. The van der Waals surface area contributed by atoms with Gasteiger partial charge in [-0.3, -0.25) is 4.79 Å². The lowest BCUT2D eigenvalue weighted by atomic mass is 9.91. The SMILES string of the molecule is CC(C)(C)c1cc2cc(NC(=O)C3(c4ccc5c(c4)OCO5)CC3)c(F)cc2n1C1CCOCC1. The summed E-state index contributed by atoms with van der Waals surface area (Å²) < 4.78 is 34.2. The third kappa shape index (κ3) is 3.77. The molecule has 1 saturated heterocycles. The molecule has 184 valence electrons. The van der Waals surface area contributed by atoms with Crippen molar-refractivity contribution in [2.75, 3.05) is 25.3 Å². The summed E-state index contributed by atoms with van der Waals surface area (Å²) in [6.45, 7) is 8.15. The summed E-state index contributed by atoms with van der Waals surface area (Å²) in [6, 6.07) is 11.4. The average Bonchev–Trinajstić information content (AvgIpc) is 3.36. The Morgan fingerprint density at radius 2 is 1.80 bits per heavy atom. The molecule has 0 bridgehead atoms. The zero-order valence-electron chi connectivity index (χ0n) is 20.4. The van der Waals surface area contributed by atoms with Crippen LogP contribution in [0.25, 0.3) is 10.9 Å². The number of anilines is 1. The summed E-state index contributed by atoms with van der Waals surface area (Å²) in [5.74, 6) is 0.734. The van der Waals surface area contributed by atoms with E-state index in [9.17, 15) is 4.79 Å². The van der Waals surface area contributed by atoms with Crippen molar-refractivity contribution in [1.82, 2.24) is 4.57 Å². The molecule has 2 aliphatic heterocycles. The molecule has 1 N–H and O–H groups in total. The third-order valence-electron chi connectivity index (χ3n) is 7.61. The molecule has 1 aromatic heterocycles. The van der Waals surface area contributed by atoms with E-state index in [4.69, 9.17) is 14.2 Å². The second kappa shape index (κ2) is 7.98. The number of halogens is 1. The smallest absolute Gasteiger partial charge is 0.235 e. The third-order valence-corrected chi connectivity index (χ3v) is 7.61. The van der Waals surface area contributed by atoms with Crippen LogP contribution in [-0.4, -0.2) is 30.5 Å². The van der Waals surface area contributed by atoms with Crippen molar-refractivity contribution in [2.24, 2.45) is 0 Å². The number of hydrogen-bond donors (Lipinski definition) is 1. The standard InChI is InChI=1S/C28H31FN2O4/c1-27(2,3)25-13-17-12-21(20(29)15-22(17)31(25)19-6-10-33-11-7-19)30-26(32)28(8-9-28)18-4-5-23-24(14-18)35-16-34-23/h4-5,12-15,19H,6-11,16H2,1-3H3,(H,30,32). The van der Waals surface area contributed by atoms with Crippen LogP contribution in [-0.2, 0) is 20.4 Å².